The van der Waals surface area contributed by atoms with Crippen LogP contribution in [0.5, 0.6) is 0 Å². The van der Waals surface area contributed by atoms with Crippen LogP contribution in [0.1, 0.15) is 50.6 Å². The van der Waals surface area contributed by atoms with Crippen LogP contribution in [0, 0.1) is 0 Å². The van der Waals surface area contributed by atoms with Gasteiger partial charge in [0.1, 0.15) is 17.5 Å². The normalized spacial score (nSPS) is 16.1. The Bertz CT molecular complexity index is 1410. The molecular weight excluding hydrogens is 418 g/mol. The third-order valence-electron chi connectivity index (χ3n) is 6.37. The Kier molecular flexibility index (Phi) is 3.95. The van der Waals surface area contributed by atoms with Crippen molar-refractivity contribution in [3.63, 3.8) is 0 Å². The summed E-state index contributed by atoms with van der Waals surface area (Å²) in [6.07, 6.45) is 4.44. The van der Waals surface area contributed by atoms with Gasteiger partial charge in [0.25, 0.3) is 0 Å². The maximum Gasteiger partial charge on any atom is 0.201 e. The maximum absolute atomic E-state index is 12.8. The molecule has 2 aliphatic rings. The highest BCUT2D eigenvalue weighted by molar-refractivity contribution is 7.17. The molecule has 1 aliphatic carbocycles. The lowest BCUT2D eigenvalue weighted by Gasteiger charge is -2.39. The molecule has 0 unspecified atom stereocenters. The highest BCUT2D eigenvalue weighted by Gasteiger charge is 2.39. The molecule has 4 aromatic rings. The Morgan fingerprint density at radius 3 is 2.25 bits per heavy atom. The third-order valence-corrected chi connectivity index (χ3v) is 7.43. The summed E-state index contributed by atoms with van der Waals surface area (Å²) < 4.78 is 5.05. The van der Waals surface area contributed by atoms with Gasteiger partial charge in [-0.1, -0.05) is 50.2 Å². The van der Waals surface area contributed by atoms with Crippen molar-refractivity contribution >= 4 is 45.4 Å². The van der Waals surface area contributed by atoms with E-state index < -0.39 is 0 Å². The fourth-order valence-electron chi connectivity index (χ4n) is 4.69. The van der Waals surface area contributed by atoms with Crippen LogP contribution in [0.4, 0.5) is 16.4 Å². The summed E-state index contributed by atoms with van der Waals surface area (Å²) in [5, 5.41) is 1.10. The van der Waals surface area contributed by atoms with E-state index in [1.165, 1.54) is 23.7 Å². The number of anilines is 3. The van der Waals surface area contributed by atoms with Crippen LogP contribution in [0.25, 0.3) is 6.08 Å². The number of hydrogen-bond donors (Lipinski definition) is 0. The van der Waals surface area contributed by atoms with Gasteiger partial charge >= 0.3 is 0 Å². The van der Waals surface area contributed by atoms with Gasteiger partial charge in [0.2, 0.25) is 11.6 Å². The topological polar surface area (TPSA) is 50.5 Å². The minimum atomic E-state index is -0.271. The average Bonchev–Trinajstić information content (AvgIpc) is 3.50. The number of allylic oxidation sites excluding steroid dienone is 1. The van der Waals surface area contributed by atoms with Gasteiger partial charge in [-0.05, 0) is 41.5 Å². The summed E-state index contributed by atoms with van der Waals surface area (Å²) in [5.41, 5.74) is 5.32. The molecular formula is C27H19NO3S. The largest absolute Gasteiger partial charge is 0.471 e. The molecule has 0 amide bonds. The van der Waals surface area contributed by atoms with E-state index in [4.69, 9.17) is 4.42 Å². The van der Waals surface area contributed by atoms with E-state index >= 15 is 0 Å². The minimum Gasteiger partial charge on any atom is -0.471 e. The van der Waals surface area contributed by atoms with E-state index in [2.05, 4.69) is 61.2 Å². The van der Waals surface area contributed by atoms with Crippen LogP contribution in [-0.2, 0) is 5.41 Å². The monoisotopic (exact) mass is 437 g/mol. The number of benzene rings is 2. The molecule has 4 nitrogen and oxygen atoms in total. The van der Waals surface area contributed by atoms with Crippen molar-refractivity contribution in [3.8, 4) is 0 Å². The van der Waals surface area contributed by atoms with Crippen LogP contribution in [0.2, 0.25) is 0 Å². The smallest absolute Gasteiger partial charge is 0.201 e. The number of carbonyl (C=O) groups is 2. The number of thiophene rings is 1. The summed E-state index contributed by atoms with van der Waals surface area (Å²) in [4.78, 5) is 28.7. The van der Waals surface area contributed by atoms with Gasteiger partial charge in [-0.25, -0.2) is 0 Å². The molecule has 0 saturated carbocycles. The van der Waals surface area contributed by atoms with Gasteiger partial charge in [-0.15, -0.1) is 11.3 Å². The van der Waals surface area contributed by atoms with Crippen molar-refractivity contribution in [1.29, 1.82) is 0 Å². The molecule has 2 aromatic heterocycles. The van der Waals surface area contributed by atoms with E-state index in [0.29, 0.717) is 11.1 Å². The Labute approximate surface area is 189 Å². The summed E-state index contributed by atoms with van der Waals surface area (Å²) in [5.74, 6) is -0.542. The molecule has 0 saturated heterocycles. The first-order valence-corrected chi connectivity index (χ1v) is 11.2. The molecule has 5 heteroatoms. The Hall–Kier alpha value is -3.70. The Morgan fingerprint density at radius 2 is 1.53 bits per heavy atom. The van der Waals surface area contributed by atoms with Gasteiger partial charge in [-0.3, -0.25) is 9.59 Å². The number of furan rings is 1. The molecule has 0 bridgehead atoms. The van der Waals surface area contributed by atoms with Crippen molar-refractivity contribution in [2.75, 3.05) is 4.90 Å². The van der Waals surface area contributed by atoms with E-state index in [1.807, 2.05) is 18.2 Å². The first-order valence-electron chi connectivity index (χ1n) is 10.4. The van der Waals surface area contributed by atoms with E-state index in [-0.39, 0.29) is 22.6 Å². The zero-order valence-corrected chi connectivity index (χ0v) is 18.4. The van der Waals surface area contributed by atoms with Crippen molar-refractivity contribution in [2.24, 2.45) is 0 Å². The number of rotatable bonds is 2. The fraction of sp³-hybridized carbons (Fsp3) is 0.111. The maximum atomic E-state index is 12.8. The van der Waals surface area contributed by atoms with Gasteiger partial charge in [0.05, 0.1) is 22.4 Å². The van der Waals surface area contributed by atoms with Crippen molar-refractivity contribution in [3.05, 3.63) is 106 Å². The summed E-state index contributed by atoms with van der Waals surface area (Å²) in [6, 6.07) is 20.8. The van der Waals surface area contributed by atoms with Gasteiger partial charge in [0.15, 0.2) is 0 Å². The number of Topliss-reactive ketones (excluding diaryl/α,β-unsaturated/α-hetero) is 2. The number of hydrogen-bond acceptors (Lipinski definition) is 5. The molecule has 0 spiro atoms. The van der Waals surface area contributed by atoms with Crippen molar-refractivity contribution in [1.82, 2.24) is 0 Å². The summed E-state index contributed by atoms with van der Waals surface area (Å²) >= 11 is 1.60. The predicted molar refractivity (Wildman–Crippen MR) is 126 cm³/mol. The van der Waals surface area contributed by atoms with E-state index in [1.54, 1.807) is 17.4 Å². The predicted octanol–water partition coefficient (Wildman–Crippen LogP) is 6.91. The second-order valence-electron chi connectivity index (χ2n) is 8.60. The lowest BCUT2D eigenvalue weighted by molar-refractivity contribution is 0.0988. The first-order chi connectivity index (χ1) is 15.5. The van der Waals surface area contributed by atoms with Crippen LogP contribution in [-0.4, -0.2) is 11.6 Å². The molecule has 32 heavy (non-hydrogen) atoms. The zero-order valence-electron chi connectivity index (χ0n) is 17.6. The molecule has 0 radical (unpaired) electrons. The quantitative estimate of drug-likeness (QED) is 0.252. The zero-order chi connectivity index (χ0) is 22.0. The summed E-state index contributed by atoms with van der Waals surface area (Å²) in [6.45, 7) is 4.44. The number of fused-ring (bicyclic) bond motifs is 3. The number of carbonyl (C=O) groups excluding carboxylic acids is 2. The first kappa shape index (κ1) is 19.0. The molecule has 0 N–H and O–H groups in total. The highest BCUT2D eigenvalue weighted by atomic mass is 32.1. The lowest BCUT2D eigenvalue weighted by atomic mass is 9.75. The second-order valence-corrected chi connectivity index (χ2v) is 9.66. The van der Waals surface area contributed by atoms with Crippen molar-refractivity contribution < 1.29 is 14.0 Å². The van der Waals surface area contributed by atoms with Crippen LogP contribution >= 0.6 is 11.3 Å². The Morgan fingerprint density at radius 1 is 0.875 bits per heavy atom. The number of para-hydroxylation sites is 2. The minimum absolute atomic E-state index is 0.200. The second kappa shape index (κ2) is 6.65. The average molecular weight is 438 g/mol. The molecule has 156 valence electrons. The van der Waals surface area contributed by atoms with Crippen LogP contribution < -0.4 is 4.90 Å². The molecule has 0 atom stereocenters. The standard InChI is InChI=1S/C27H19NO3S/c1-27(2)21-10-6-7-11-23(21)28(16-8-4-3-5-9-16)26-22(27)13-17(32-26)12-18-24(29)19-14-31-15-20(19)25(18)30/h3-15H,1-2H3. The van der Waals surface area contributed by atoms with Crippen LogP contribution in [0.3, 0.4) is 0 Å². The molecule has 6 rings (SSSR count). The van der Waals surface area contributed by atoms with Gasteiger partial charge in [0, 0.05) is 16.0 Å². The number of ketones is 2. The van der Waals surface area contributed by atoms with E-state index in [0.717, 1.165) is 21.3 Å². The van der Waals surface area contributed by atoms with Crippen molar-refractivity contribution in [2.45, 2.75) is 19.3 Å². The lowest BCUT2D eigenvalue weighted by Crippen LogP contribution is -2.29. The fourth-order valence-corrected chi connectivity index (χ4v) is 5.98. The van der Waals surface area contributed by atoms with Gasteiger partial charge in [-0.2, -0.15) is 0 Å². The molecule has 0 fully saturated rings. The molecule has 2 aromatic carbocycles. The highest BCUT2D eigenvalue weighted by Crippen LogP contribution is 2.55. The van der Waals surface area contributed by atoms with E-state index in [9.17, 15) is 9.59 Å². The SMILES string of the molecule is CC1(C)c2ccccc2N(c2ccccc2)c2sc(C=C3C(=O)c4cocc4C3=O)cc21. The summed E-state index contributed by atoms with van der Waals surface area (Å²) in [7, 11) is 0. The number of nitrogens with zero attached hydrogens (tertiary/aromatic N) is 1. The molecule has 3 heterocycles. The molecule has 1 aliphatic heterocycles. The van der Waals surface area contributed by atoms with Crippen LogP contribution in [0.15, 0.2) is 83.2 Å². The van der Waals surface area contributed by atoms with Gasteiger partial charge < -0.3 is 9.32 Å². The third kappa shape index (κ3) is 2.55. The Balaban J connectivity index is 1.54.